The average Bonchev–Trinajstić information content (AvgIpc) is 2.65. The molecule has 2 heterocycles. The van der Waals surface area contributed by atoms with Gasteiger partial charge in [0, 0.05) is 13.0 Å². The highest BCUT2D eigenvalue weighted by molar-refractivity contribution is 6.33. The quantitative estimate of drug-likeness (QED) is 0.777. The van der Waals surface area contributed by atoms with Crippen molar-refractivity contribution in [1.82, 2.24) is 10.6 Å². The molecule has 2 saturated heterocycles. The SMILES string of the molecule is CC(CC(=O)NC1CCCN(c2ccccc2Cl)C1=O)C1CCCNC1.Cl. The standard InChI is InChI=1S/C20H28ClN3O2.ClH/c1-14(15-6-4-10-22-13-15)12-19(25)23-17-8-5-11-24(20(17)26)18-9-3-2-7-16(18)21;/h2-3,7,9,14-15,17,22H,4-6,8,10-13H2,1H3,(H,23,25);1H. The van der Waals surface area contributed by atoms with Crippen LogP contribution >= 0.6 is 24.0 Å². The summed E-state index contributed by atoms with van der Waals surface area (Å²) in [6.45, 7) is 4.83. The zero-order valence-corrected chi connectivity index (χ0v) is 17.3. The van der Waals surface area contributed by atoms with E-state index in [9.17, 15) is 9.59 Å². The molecule has 0 spiro atoms. The Bertz CT molecular complexity index is 650. The molecule has 27 heavy (non-hydrogen) atoms. The minimum Gasteiger partial charge on any atom is -0.344 e. The Balaban J connectivity index is 0.00000261. The van der Waals surface area contributed by atoms with Crippen LogP contribution in [0.4, 0.5) is 5.69 Å². The number of rotatable bonds is 5. The van der Waals surface area contributed by atoms with Gasteiger partial charge in [-0.25, -0.2) is 0 Å². The largest absolute Gasteiger partial charge is 0.344 e. The number of halogens is 2. The van der Waals surface area contributed by atoms with Crippen LogP contribution in [0.1, 0.15) is 39.0 Å². The molecule has 2 aliphatic heterocycles. The van der Waals surface area contributed by atoms with Crippen molar-refractivity contribution in [3.05, 3.63) is 29.3 Å². The van der Waals surface area contributed by atoms with E-state index < -0.39 is 6.04 Å². The summed E-state index contributed by atoms with van der Waals surface area (Å²) in [5, 5.41) is 6.93. The van der Waals surface area contributed by atoms with Gasteiger partial charge in [-0.3, -0.25) is 9.59 Å². The van der Waals surface area contributed by atoms with Crippen molar-refractivity contribution < 1.29 is 9.59 Å². The Kier molecular flexibility index (Phi) is 8.39. The number of hydrogen-bond donors (Lipinski definition) is 2. The highest BCUT2D eigenvalue weighted by Gasteiger charge is 2.32. The van der Waals surface area contributed by atoms with E-state index in [1.165, 1.54) is 12.8 Å². The number of nitrogens with one attached hydrogen (secondary N) is 2. The number of amides is 2. The minimum atomic E-state index is -0.454. The highest BCUT2D eigenvalue weighted by atomic mass is 35.5. The molecule has 2 amide bonds. The van der Waals surface area contributed by atoms with Gasteiger partial charge < -0.3 is 15.5 Å². The summed E-state index contributed by atoms with van der Waals surface area (Å²) in [6.07, 6.45) is 4.35. The van der Waals surface area contributed by atoms with E-state index in [1.54, 1.807) is 11.0 Å². The number of carbonyl (C=O) groups excluding carboxylic acids is 2. The molecule has 2 aliphatic rings. The molecule has 1 aromatic carbocycles. The van der Waals surface area contributed by atoms with Gasteiger partial charge in [0.15, 0.2) is 0 Å². The van der Waals surface area contributed by atoms with Crippen molar-refractivity contribution in [2.45, 2.75) is 45.1 Å². The van der Waals surface area contributed by atoms with E-state index in [0.29, 0.717) is 36.2 Å². The van der Waals surface area contributed by atoms with Crippen LogP contribution in [0.5, 0.6) is 0 Å². The molecular formula is C20H29Cl2N3O2. The third-order valence-corrected chi connectivity index (χ3v) is 5.88. The van der Waals surface area contributed by atoms with Crippen molar-refractivity contribution in [2.75, 3.05) is 24.5 Å². The Hall–Kier alpha value is -1.30. The highest BCUT2D eigenvalue weighted by Crippen LogP contribution is 2.29. The molecule has 0 radical (unpaired) electrons. The Labute approximate surface area is 172 Å². The van der Waals surface area contributed by atoms with Gasteiger partial charge in [-0.15, -0.1) is 12.4 Å². The second-order valence-electron chi connectivity index (χ2n) is 7.49. The van der Waals surface area contributed by atoms with Crippen LogP contribution in [-0.2, 0) is 9.59 Å². The molecule has 1 aromatic rings. The molecule has 5 nitrogen and oxygen atoms in total. The number of nitrogens with zero attached hydrogens (tertiary/aromatic N) is 1. The van der Waals surface area contributed by atoms with Gasteiger partial charge in [0.2, 0.25) is 11.8 Å². The number of benzene rings is 1. The predicted molar refractivity (Wildman–Crippen MR) is 112 cm³/mol. The van der Waals surface area contributed by atoms with Gasteiger partial charge in [0.1, 0.15) is 6.04 Å². The second-order valence-corrected chi connectivity index (χ2v) is 7.90. The average molecular weight is 414 g/mol. The lowest BCUT2D eigenvalue weighted by Gasteiger charge is -2.33. The van der Waals surface area contributed by atoms with Crippen LogP contribution in [0, 0.1) is 11.8 Å². The summed E-state index contributed by atoms with van der Waals surface area (Å²) in [5.41, 5.74) is 0.722. The summed E-state index contributed by atoms with van der Waals surface area (Å²) in [4.78, 5) is 27.0. The lowest BCUT2D eigenvalue weighted by Crippen LogP contribution is -2.52. The number of anilines is 1. The van der Waals surface area contributed by atoms with Crippen LogP contribution in [0.25, 0.3) is 0 Å². The molecule has 3 unspecified atom stereocenters. The van der Waals surface area contributed by atoms with Gasteiger partial charge in [0.25, 0.3) is 0 Å². The number of piperidine rings is 2. The van der Waals surface area contributed by atoms with Crippen molar-refractivity contribution in [3.8, 4) is 0 Å². The Morgan fingerprint density at radius 2 is 2.11 bits per heavy atom. The fourth-order valence-corrected chi connectivity index (χ4v) is 4.23. The number of hydrogen-bond acceptors (Lipinski definition) is 3. The fourth-order valence-electron chi connectivity index (χ4n) is 4.00. The normalized spacial score (nSPS) is 24.1. The van der Waals surface area contributed by atoms with Gasteiger partial charge in [0.05, 0.1) is 10.7 Å². The van der Waals surface area contributed by atoms with Crippen LogP contribution in [-0.4, -0.2) is 37.5 Å². The van der Waals surface area contributed by atoms with Gasteiger partial charge in [-0.1, -0.05) is 30.7 Å². The van der Waals surface area contributed by atoms with E-state index in [4.69, 9.17) is 11.6 Å². The maximum atomic E-state index is 12.8. The smallest absolute Gasteiger partial charge is 0.249 e. The molecule has 0 aliphatic carbocycles. The van der Waals surface area contributed by atoms with Crippen LogP contribution in [0.2, 0.25) is 5.02 Å². The van der Waals surface area contributed by atoms with Gasteiger partial charge in [-0.05, 0) is 62.7 Å². The molecule has 7 heteroatoms. The third-order valence-electron chi connectivity index (χ3n) is 5.56. The van der Waals surface area contributed by atoms with Crippen molar-refractivity contribution in [3.63, 3.8) is 0 Å². The first-order valence-electron chi connectivity index (χ1n) is 9.62. The van der Waals surface area contributed by atoms with Crippen molar-refractivity contribution in [1.29, 1.82) is 0 Å². The second kappa shape index (κ2) is 10.3. The molecule has 0 aromatic heterocycles. The van der Waals surface area contributed by atoms with Crippen molar-refractivity contribution >= 4 is 41.5 Å². The molecule has 3 rings (SSSR count). The zero-order chi connectivity index (χ0) is 18.5. The summed E-state index contributed by atoms with van der Waals surface area (Å²) in [6, 6.07) is 6.90. The van der Waals surface area contributed by atoms with E-state index in [1.807, 2.05) is 18.2 Å². The van der Waals surface area contributed by atoms with Crippen LogP contribution in [0.3, 0.4) is 0 Å². The molecule has 2 N–H and O–H groups in total. The van der Waals surface area contributed by atoms with Crippen LogP contribution < -0.4 is 15.5 Å². The first-order chi connectivity index (χ1) is 12.6. The Morgan fingerprint density at radius 3 is 2.81 bits per heavy atom. The van der Waals surface area contributed by atoms with E-state index in [0.717, 1.165) is 25.2 Å². The lowest BCUT2D eigenvalue weighted by atomic mass is 9.85. The summed E-state index contributed by atoms with van der Waals surface area (Å²) < 4.78 is 0. The molecule has 0 bridgehead atoms. The summed E-state index contributed by atoms with van der Waals surface area (Å²) >= 11 is 6.24. The van der Waals surface area contributed by atoms with E-state index in [2.05, 4.69) is 17.6 Å². The number of carbonyl (C=O) groups is 2. The summed E-state index contributed by atoms with van der Waals surface area (Å²) in [7, 11) is 0. The molecular weight excluding hydrogens is 385 g/mol. The first kappa shape index (κ1) is 22.0. The first-order valence-corrected chi connectivity index (χ1v) is 10.00. The van der Waals surface area contributed by atoms with E-state index >= 15 is 0 Å². The maximum Gasteiger partial charge on any atom is 0.249 e. The maximum absolute atomic E-state index is 12.8. The summed E-state index contributed by atoms with van der Waals surface area (Å²) in [5.74, 6) is 0.768. The molecule has 150 valence electrons. The molecule has 3 atom stereocenters. The number of para-hydroxylation sites is 1. The topological polar surface area (TPSA) is 61.4 Å². The fraction of sp³-hybridized carbons (Fsp3) is 0.600. The monoisotopic (exact) mass is 413 g/mol. The van der Waals surface area contributed by atoms with E-state index in [-0.39, 0.29) is 24.2 Å². The minimum absolute atomic E-state index is 0. The van der Waals surface area contributed by atoms with Gasteiger partial charge >= 0.3 is 0 Å². The lowest BCUT2D eigenvalue weighted by molar-refractivity contribution is -0.129. The Morgan fingerprint density at radius 1 is 1.33 bits per heavy atom. The van der Waals surface area contributed by atoms with Gasteiger partial charge in [-0.2, -0.15) is 0 Å². The van der Waals surface area contributed by atoms with Crippen LogP contribution in [0.15, 0.2) is 24.3 Å². The third kappa shape index (κ3) is 5.59. The zero-order valence-electron chi connectivity index (χ0n) is 15.7. The predicted octanol–water partition coefficient (Wildman–Crippen LogP) is 3.40. The molecule has 2 fully saturated rings. The van der Waals surface area contributed by atoms with Crippen molar-refractivity contribution in [2.24, 2.45) is 11.8 Å². The molecule has 0 saturated carbocycles.